The lowest BCUT2D eigenvalue weighted by Crippen LogP contribution is -2.19. The van der Waals surface area contributed by atoms with Gasteiger partial charge in [0.15, 0.2) is 0 Å². The lowest BCUT2D eigenvalue weighted by atomic mass is 10.2. The first kappa shape index (κ1) is 22.0. The number of carbonyl (C=O) groups is 1. The molecule has 0 saturated heterocycles. The molecular formula is C24H20BrN5OS. The zero-order valence-corrected chi connectivity index (χ0v) is 19.7. The Kier molecular flexibility index (Phi) is 7.14. The summed E-state index contributed by atoms with van der Waals surface area (Å²) in [6.07, 6.45) is 4.33. The van der Waals surface area contributed by atoms with Crippen molar-refractivity contribution in [3.8, 4) is 11.3 Å². The number of para-hydroxylation sites is 1. The maximum atomic E-state index is 12.3. The number of pyridine rings is 1. The number of hydrogen-bond donors (Lipinski definition) is 2. The van der Waals surface area contributed by atoms with Gasteiger partial charge in [0, 0.05) is 39.4 Å². The Hall–Kier alpha value is -3.23. The van der Waals surface area contributed by atoms with Crippen molar-refractivity contribution in [1.29, 1.82) is 0 Å². The molecule has 0 radical (unpaired) electrons. The molecule has 2 N–H and O–H groups in total. The minimum Gasteiger partial charge on any atom is -0.308 e. The van der Waals surface area contributed by atoms with Gasteiger partial charge in [0.2, 0.25) is 0 Å². The average Bonchev–Trinajstić information content (AvgIpc) is 2.82. The smallest absolute Gasteiger partial charge is 0.308 e. The van der Waals surface area contributed by atoms with Gasteiger partial charge in [-0.3, -0.25) is 0 Å². The summed E-state index contributed by atoms with van der Waals surface area (Å²) in [5.41, 5.74) is 3.22. The van der Waals surface area contributed by atoms with E-state index in [0.29, 0.717) is 11.4 Å². The van der Waals surface area contributed by atoms with Crippen molar-refractivity contribution in [3.63, 3.8) is 0 Å². The molecule has 4 rings (SSSR count). The first-order chi connectivity index (χ1) is 15.6. The summed E-state index contributed by atoms with van der Waals surface area (Å²) in [5, 5.41) is 6.53. The highest BCUT2D eigenvalue weighted by atomic mass is 79.9. The van der Waals surface area contributed by atoms with Gasteiger partial charge in [-0.25, -0.2) is 19.7 Å². The number of aryl methyl sites for hydroxylation is 1. The predicted octanol–water partition coefficient (Wildman–Crippen LogP) is 6.66. The van der Waals surface area contributed by atoms with E-state index in [0.717, 1.165) is 37.9 Å². The van der Waals surface area contributed by atoms with E-state index in [4.69, 9.17) is 0 Å². The van der Waals surface area contributed by atoms with Crippen molar-refractivity contribution < 1.29 is 4.79 Å². The number of anilines is 2. The molecule has 0 atom stereocenters. The maximum Gasteiger partial charge on any atom is 0.323 e. The molecule has 0 fully saturated rings. The molecule has 32 heavy (non-hydrogen) atoms. The fourth-order valence-electron chi connectivity index (χ4n) is 2.95. The van der Waals surface area contributed by atoms with Gasteiger partial charge in [-0.15, -0.1) is 0 Å². The van der Waals surface area contributed by atoms with Crippen LogP contribution in [0.3, 0.4) is 0 Å². The van der Waals surface area contributed by atoms with Crippen molar-refractivity contribution in [1.82, 2.24) is 15.0 Å². The number of hydrogen-bond acceptors (Lipinski definition) is 5. The van der Waals surface area contributed by atoms with E-state index in [-0.39, 0.29) is 6.03 Å². The lowest BCUT2D eigenvalue weighted by Gasteiger charge is -2.10. The van der Waals surface area contributed by atoms with E-state index in [1.165, 1.54) is 0 Å². The Morgan fingerprint density at radius 3 is 2.53 bits per heavy atom. The minimum atomic E-state index is -0.306. The van der Waals surface area contributed by atoms with Crippen molar-refractivity contribution in [2.75, 3.05) is 10.6 Å². The Bertz CT molecular complexity index is 1230. The summed E-state index contributed by atoms with van der Waals surface area (Å²) in [4.78, 5) is 26.8. The van der Waals surface area contributed by atoms with Crippen LogP contribution in [0.2, 0.25) is 0 Å². The molecule has 160 valence electrons. The van der Waals surface area contributed by atoms with Gasteiger partial charge < -0.3 is 10.6 Å². The molecule has 0 bridgehead atoms. The van der Waals surface area contributed by atoms with Crippen LogP contribution in [0, 0.1) is 0 Å². The van der Waals surface area contributed by atoms with E-state index < -0.39 is 0 Å². The second-order valence-electron chi connectivity index (χ2n) is 6.75. The number of nitrogens with one attached hydrogen (secondary N) is 2. The molecule has 2 aromatic carbocycles. The second kappa shape index (κ2) is 10.4. The first-order valence-corrected chi connectivity index (χ1v) is 11.6. The van der Waals surface area contributed by atoms with Gasteiger partial charge in [-0.2, -0.15) is 0 Å². The van der Waals surface area contributed by atoms with E-state index >= 15 is 0 Å². The fraction of sp³-hybridized carbons (Fsp3) is 0.0833. The summed E-state index contributed by atoms with van der Waals surface area (Å²) in [6.45, 7) is 2.03. The van der Waals surface area contributed by atoms with Crippen LogP contribution >= 0.6 is 27.7 Å². The number of nitrogens with zero attached hydrogens (tertiary/aromatic N) is 3. The summed E-state index contributed by atoms with van der Waals surface area (Å²) < 4.78 is 0.822. The highest BCUT2D eigenvalue weighted by Crippen LogP contribution is 2.34. The molecule has 0 aliphatic heterocycles. The third-order valence-electron chi connectivity index (χ3n) is 4.52. The van der Waals surface area contributed by atoms with Crippen LogP contribution in [0.25, 0.3) is 11.3 Å². The summed E-state index contributed by atoms with van der Waals surface area (Å²) in [5.74, 6) is 0.804. The van der Waals surface area contributed by atoms with E-state index in [9.17, 15) is 4.79 Å². The molecule has 2 aromatic heterocycles. The van der Waals surface area contributed by atoms with E-state index in [1.54, 1.807) is 24.2 Å². The molecule has 0 aliphatic rings. The summed E-state index contributed by atoms with van der Waals surface area (Å²) in [7, 11) is 0. The highest BCUT2D eigenvalue weighted by molar-refractivity contribution is 9.10. The molecular weight excluding hydrogens is 486 g/mol. The molecule has 0 spiro atoms. The molecule has 2 amide bonds. The molecule has 0 saturated carbocycles. The highest BCUT2D eigenvalue weighted by Gasteiger charge is 2.11. The van der Waals surface area contributed by atoms with Gasteiger partial charge in [0.25, 0.3) is 0 Å². The molecule has 6 nitrogen and oxygen atoms in total. The predicted molar refractivity (Wildman–Crippen MR) is 132 cm³/mol. The van der Waals surface area contributed by atoms with Gasteiger partial charge in [-0.05, 0) is 70.5 Å². The first-order valence-electron chi connectivity index (χ1n) is 10.00. The number of aromatic nitrogens is 3. The average molecular weight is 506 g/mol. The summed E-state index contributed by atoms with van der Waals surface area (Å²) in [6, 6.07) is 20.6. The molecule has 2 heterocycles. The lowest BCUT2D eigenvalue weighted by molar-refractivity contribution is 0.262. The third-order valence-corrected chi connectivity index (χ3v) is 6.24. The number of urea groups is 1. The molecule has 8 heteroatoms. The normalized spacial score (nSPS) is 10.6. The second-order valence-corrected chi connectivity index (χ2v) is 8.67. The van der Waals surface area contributed by atoms with Crippen molar-refractivity contribution in [2.45, 2.75) is 23.3 Å². The Labute approximate surface area is 199 Å². The van der Waals surface area contributed by atoms with E-state index in [1.807, 2.05) is 73.7 Å². The van der Waals surface area contributed by atoms with Crippen LogP contribution in [-0.2, 0) is 6.42 Å². The standard InChI is InChI=1S/C24H20BrN5OS/c1-2-22-26-15-13-20(29-22)18-6-5-14-27-23(18)32-17-11-9-16(10-12-17)28-24(31)30-21-8-4-3-7-19(21)25/h3-15H,2H2,1H3,(H2,28,30,31). The number of amides is 2. The number of rotatable bonds is 6. The van der Waals surface area contributed by atoms with Crippen molar-refractivity contribution in [3.05, 3.63) is 89.4 Å². The SMILES string of the molecule is CCc1nccc(-c2cccnc2Sc2ccc(NC(=O)Nc3ccccc3Br)cc2)n1. The molecule has 4 aromatic rings. The quantitative estimate of drug-likeness (QED) is 0.306. The van der Waals surface area contributed by atoms with Gasteiger partial charge in [0.05, 0.1) is 11.4 Å². The van der Waals surface area contributed by atoms with Crippen LogP contribution in [0.4, 0.5) is 16.2 Å². The van der Waals surface area contributed by atoms with E-state index in [2.05, 4.69) is 41.5 Å². The zero-order valence-electron chi connectivity index (χ0n) is 17.2. The Morgan fingerprint density at radius 1 is 0.938 bits per heavy atom. The van der Waals surface area contributed by atoms with Gasteiger partial charge in [0.1, 0.15) is 10.9 Å². The van der Waals surface area contributed by atoms with Crippen LogP contribution in [0.15, 0.2) is 93.5 Å². The van der Waals surface area contributed by atoms with Crippen LogP contribution < -0.4 is 10.6 Å². The monoisotopic (exact) mass is 505 g/mol. The van der Waals surface area contributed by atoms with Crippen LogP contribution in [0.1, 0.15) is 12.7 Å². The van der Waals surface area contributed by atoms with Crippen molar-refractivity contribution in [2.24, 2.45) is 0 Å². The van der Waals surface area contributed by atoms with Crippen LogP contribution in [0.5, 0.6) is 0 Å². The third kappa shape index (κ3) is 5.52. The molecule has 0 aliphatic carbocycles. The minimum absolute atomic E-state index is 0.306. The van der Waals surface area contributed by atoms with Crippen LogP contribution in [-0.4, -0.2) is 21.0 Å². The fourth-order valence-corrected chi connectivity index (χ4v) is 4.23. The number of carbonyl (C=O) groups excluding carboxylic acids is 1. The summed E-state index contributed by atoms with van der Waals surface area (Å²) >= 11 is 4.97. The Morgan fingerprint density at radius 2 is 1.75 bits per heavy atom. The maximum absolute atomic E-state index is 12.3. The number of benzene rings is 2. The number of halogens is 1. The Balaban J connectivity index is 1.45. The van der Waals surface area contributed by atoms with Crippen molar-refractivity contribution >= 4 is 45.1 Å². The van der Waals surface area contributed by atoms with Gasteiger partial charge >= 0.3 is 6.03 Å². The molecule has 0 unspecified atom stereocenters. The van der Waals surface area contributed by atoms with Gasteiger partial charge in [-0.1, -0.05) is 30.8 Å². The topological polar surface area (TPSA) is 79.8 Å². The largest absolute Gasteiger partial charge is 0.323 e. The zero-order chi connectivity index (χ0) is 22.3.